The van der Waals surface area contributed by atoms with Gasteiger partial charge in [0.05, 0.1) is 0 Å². The second kappa shape index (κ2) is 6.05. The number of hydrogen-bond donors (Lipinski definition) is 1. The summed E-state index contributed by atoms with van der Waals surface area (Å²) in [5, 5.41) is 9.24. The van der Waals surface area contributed by atoms with E-state index in [0.29, 0.717) is 12.2 Å². The molecule has 1 N–H and O–H groups in total. The predicted molar refractivity (Wildman–Crippen MR) is 73.4 cm³/mol. The highest BCUT2D eigenvalue weighted by atomic mass is 16.5. The Morgan fingerprint density at radius 2 is 1.89 bits per heavy atom. The maximum Gasteiger partial charge on any atom is 0.345 e. The summed E-state index contributed by atoms with van der Waals surface area (Å²) >= 11 is 0. The van der Waals surface area contributed by atoms with Gasteiger partial charge in [0, 0.05) is 6.42 Å². The van der Waals surface area contributed by atoms with Gasteiger partial charge in [0.1, 0.15) is 5.75 Å². The topological polar surface area (TPSA) is 46.5 Å². The van der Waals surface area contributed by atoms with Gasteiger partial charge in [0.25, 0.3) is 0 Å². The van der Waals surface area contributed by atoms with Crippen LogP contribution >= 0.6 is 0 Å². The van der Waals surface area contributed by atoms with E-state index < -0.39 is 12.1 Å². The molecule has 0 aliphatic heterocycles. The van der Waals surface area contributed by atoms with Crippen molar-refractivity contribution in [1.29, 1.82) is 0 Å². The van der Waals surface area contributed by atoms with Crippen molar-refractivity contribution in [2.24, 2.45) is 0 Å². The first-order valence-electron chi connectivity index (χ1n) is 6.15. The molecular formula is C16H16O3. The highest BCUT2D eigenvalue weighted by molar-refractivity contribution is 5.73. The Morgan fingerprint density at radius 3 is 2.53 bits per heavy atom. The average Bonchev–Trinajstić information content (AvgIpc) is 2.39. The zero-order chi connectivity index (χ0) is 13.7. The largest absolute Gasteiger partial charge is 0.478 e. The summed E-state index contributed by atoms with van der Waals surface area (Å²) in [6.45, 7) is 1.98. The summed E-state index contributed by atoms with van der Waals surface area (Å²) in [5.74, 6) is -0.382. The zero-order valence-corrected chi connectivity index (χ0v) is 10.7. The van der Waals surface area contributed by atoms with Crippen LogP contribution in [0.3, 0.4) is 0 Å². The SMILES string of the molecule is Cc1cccc(C[C@@H](Oc2ccccc2)C(=O)O)c1. The molecule has 3 nitrogen and oxygen atoms in total. The third-order valence-corrected chi connectivity index (χ3v) is 2.80. The van der Waals surface area contributed by atoms with Gasteiger partial charge >= 0.3 is 5.97 Å². The number of carbonyl (C=O) groups is 1. The molecule has 0 radical (unpaired) electrons. The second-order valence-corrected chi connectivity index (χ2v) is 4.45. The number of carboxylic acid groups (broad SMARTS) is 1. The fourth-order valence-corrected chi connectivity index (χ4v) is 1.90. The zero-order valence-electron chi connectivity index (χ0n) is 10.7. The van der Waals surface area contributed by atoms with Crippen molar-refractivity contribution in [3.63, 3.8) is 0 Å². The van der Waals surface area contributed by atoms with Crippen molar-refractivity contribution in [3.8, 4) is 5.75 Å². The Balaban J connectivity index is 2.11. The van der Waals surface area contributed by atoms with E-state index in [-0.39, 0.29) is 0 Å². The van der Waals surface area contributed by atoms with Gasteiger partial charge in [-0.25, -0.2) is 4.79 Å². The van der Waals surface area contributed by atoms with Crippen LogP contribution in [0.2, 0.25) is 0 Å². The first-order chi connectivity index (χ1) is 9.15. The third-order valence-electron chi connectivity index (χ3n) is 2.80. The molecule has 0 bridgehead atoms. The lowest BCUT2D eigenvalue weighted by molar-refractivity contribution is -0.145. The molecule has 0 heterocycles. The van der Waals surface area contributed by atoms with Crippen LogP contribution < -0.4 is 4.74 Å². The molecule has 0 saturated carbocycles. The number of aryl methyl sites for hydroxylation is 1. The van der Waals surface area contributed by atoms with E-state index in [2.05, 4.69) is 0 Å². The molecule has 2 rings (SSSR count). The summed E-state index contributed by atoms with van der Waals surface area (Å²) < 4.78 is 5.52. The Bertz CT molecular complexity index is 549. The number of carboxylic acids is 1. The van der Waals surface area contributed by atoms with Crippen molar-refractivity contribution in [2.45, 2.75) is 19.4 Å². The minimum atomic E-state index is -0.953. The molecule has 0 unspecified atom stereocenters. The summed E-state index contributed by atoms with van der Waals surface area (Å²) in [5.41, 5.74) is 2.07. The van der Waals surface area contributed by atoms with Gasteiger partial charge in [0.15, 0.2) is 6.10 Å². The predicted octanol–water partition coefficient (Wildman–Crippen LogP) is 3.07. The number of aliphatic carboxylic acids is 1. The molecule has 1 atom stereocenters. The molecule has 0 saturated heterocycles. The van der Waals surface area contributed by atoms with Gasteiger partial charge in [-0.15, -0.1) is 0 Å². The van der Waals surface area contributed by atoms with Crippen molar-refractivity contribution < 1.29 is 14.6 Å². The summed E-state index contributed by atoms with van der Waals surface area (Å²) in [4.78, 5) is 11.3. The first kappa shape index (κ1) is 13.1. The highest BCUT2D eigenvalue weighted by Gasteiger charge is 2.19. The molecule has 0 aromatic heterocycles. The van der Waals surface area contributed by atoms with Crippen molar-refractivity contribution >= 4 is 5.97 Å². The third kappa shape index (κ3) is 3.85. The standard InChI is InChI=1S/C16H16O3/c1-12-6-5-7-13(10-12)11-15(16(17)18)19-14-8-3-2-4-9-14/h2-10,15H,11H2,1H3,(H,17,18)/t15-/m1/s1. The highest BCUT2D eigenvalue weighted by Crippen LogP contribution is 2.15. The monoisotopic (exact) mass is 256 g/mol. The van der Waals surface area contributed by atoms with Crippen molar-refractivity contribution in [1.82, 2.24) is 0 Å². The normalized spacial score (nSPS) is 11.8. The molecule has 0 amide bonds. The molecule has 98 valence electrons. The lowest BCUT2D eigenvalue weighted by Crippen LogP contribution is -2.29. The summed E-state index contributed by atoms with van der Waals surface area (Å²) in [6, 6.07) is 16.8. The fraction of sp³-hybridized carbons (Fsp3) is 0.188. The van der Waals surface area contributed by atoms with E-state index >= 15 is 0 Å². The fourth-order valence-electron chi connectivity index (χ4n) is 1.90. The van der Waals surface area contributed by atoms with Gasteiger partial charge in [-0.3, -0.25) is 0 Å². The first-order valence-corrected chi connectivity index (χ1v) is 6.15. The molecule has 0 aliphatic carbocycles. The number of rotatable bonds is 5. The van der Waals surface area contributed by atoms with Crippen LogP contribution in [-0.2, 0) is 11.2 Å². The van der Waals surface area contributed by atoms with Crippen LogP contribution in [0.15, 0.2) is 54.6 Å². The van der Waals surface area contributed by atoms with Gasteiger partial charge in [0.2, 0.25) is 0 Å². The Hall–Kier alpha value is -2.29. The Kier molecular flexibility index (Phi) is 4.18. The molecular weight excluding hydrogens is 240 g/mol. The van der Waals surface area contributed by atoms with Crippen molar-refractivity contribution in [3.05, 3.63) is 65.7 Å². The van der Waals surface area contributed by atoms with E-state index in [1.807, 2.05) is 49.4 Å². The molecule has 2 aromatic carbocycles. The Labute approximate surface area is 112 Å². The van der Waals surface area contributed by atoms with E-state index in [1.165, 1.54) is 0 Å². The molecule has 0 aliphatic rings. The van der Waals surface area contributed by atoms with E-state index in [9.17, 15) is 9.90 Å². The number of para-hydroxylation sites is 1. The van der Waals surface area contributed by atoms with Gasteiger partial charge in [-0.1, -0.05) is 48.0 Å². The van der Waals surface area contributed by atoms with Crippen LogP contribution in [0.4, 0.5) is 0 Å². The molecule has 2 aromatic rings. The Morgan fingerprint density at radius 1 is 1.16 bits per heavy atom. The van der Waals surface area contributed by atoms with E-state index in [1.54, 1.807) is 12.1 Å². The average molecular weight is 256 g/mol. The van der Waals surface area contributed by atoms with Crippen LogP contribution in [-0.4, -0.2) is 17.2 Å². The van der Waals surface area contributed by atoms with E-state index in [0.717, 1.165) is 11.1 Å². The van der Waals surface area contributed by atoms with Gasteiger partial charge < -0.3 is 9.84 Å². The lowest BCUT2D eigenvalue weighted by Gasteiger charge is -2.15. The molecule has 19 heavy (non-hydrogen) atoms. The maximum atomic E-state index is 11.3. The minimum absolute atomic E-state index is 0.353. The minimum Gasteiger partial charge on any atom is -0.478 e. The van der Waals surface area contributed by atoms with Crippen molar-refractivity contribution in [2.75, 3.05) is 0 Å². The molecule has 0 spiro atoms. The van der Waals surface area contributed by atoms with Crippen LogP contribution in [0.1, 0.15) is 11.1 Å². The van der Waals surface area contributed by atoms with Gasteiger partial charge in [-0.05, 0) is 24.6 Å². The van der Waals surface area contributed by atoms with Crippen LogP contribution in [0.5, 0.6) is 5.75 Å². The van der Waals surface area contributed by atoms with E-state index in [4.69, 9.17) is 4.74 Å². The lowest BCUT2D eigenvalue weighted by atomic mass is 10.1. The molecule has 0 fully saturated rings. The summed E-state index contributed by atoms with van der Waals surface area (Å²) in [6.07, 6.45) is -0.518. The van der Waals surface area contributed by atoms with Crippen LogP contribution in [0.25, 0.3) is 0 Å². The summed E-state index contributed by atoms with van der Waals surface area (Å²) in [7, 11) is 0. The van der Waals surface area contributed by atoms with Gasteiger partial charge in [-0.2, -0.15) is 0 Å². The smallest absolute Gasteiger partial charge is 0.345 e. The van der Waals surface area contributed by atoms with Crippen LogP contribution in [0, 0.1) is 6.92 Å². The number of hydrogen-bond acceptors (Lipinski definition) is 2. The molecule has 3 heteroatoms. The number of benzene rings is 2. The maximum absolute atomic E-state index is 11.3. The quantitative estimate of drug-likeness (QED) is 0.894. The number of ether oxygens (including phenoxy) is 1. The second-order valence-electron chi connectivity index (χ2n) is 4.45.